The number of rotatable bonds is 6. The van der Waals surface area contributed by atoms with Crippen molar-refractivity contribution in [2.24, 2.45) is 0 Å². The van der Waals surface area contributed by atoms with Crippen LogP contribution in [0.15, 0.2) is 29.6 Å². The third-order valence-corrected chi connectivity index (χ3v) is 4.11. The lowest BCUT2D eigenvalue weighted by Crippen LogP contribution is -2.27. The van der Waals surface area contributed by atoms with Gasteiger partial charge in [0.05, 0.1) is 0 Å². The first-order valence-corrected chi connectivity index (χ1v) is 7.59. The number of halogens is 2. The molecule has 0 aliphatic rings. The summed E-state index contributed by atoms with van der Waals surface area (Å²) in [7, 11) is 0. The molecule has 1 heterocycles. The van der Waals surface area contributed by atoms with E-state index in [0.29, 0.717) is 11.8 Å². The van der Waals surface area contributed by atoms with Gasteiger partial charge >= 0.3 is 0 Å². The summed E-state index contributed by atoms with van der Waals surface area (Å²) in [6, 6.07) is 8.52. The molecular formula is C13H15Cl2NS. The average Bonchev–Trinajstić information content (AvgIpc) is 2.74. The van der Waals surface area contributed by atoms with Gasteiger partial charge < -0.3 is 0 Å². The molecule has 0 saturated carbocycles. The molecule has 1 aromatic heterocycles. The fraction of sp³-hybridized carbons (Fsp3) is 0.385. The van der Waals surface area contributed by atoms with Gasteiger partial charge in [-0.2, -0.15) is 0 Å². The van der Waals surface area contributed by atoms with E-state index < -0.39 is 0 Å². The molecule has 2 aromatic rings. The molecule has 0 radical (unpaired) electrons. The zero-order valence-electron chi connectivity index (χ0n) is 9.53. The van der Waals surface area contributed by atoms with Gasteiger partial charge in [-0.1, -0.05) is 18.2 Å². The van der Waals surface area contributed by atoms with E-state index in [-0.39, 0.29) is 0 Å². The molecule has 0 amide bonds. The molecule has 0 spiro atoms. The van der Waals surface area contributed by atoms with Gasteiger partial charge in [-0.05, 0) is 22.4 Å². The quantitative estimate of drug-likeness (QED) is 0.721. The highest BCUT2D eigenvalue weighted by molar-refractivity contribution is 7.17. The van der Waals surface area contributed by atoms with Crippen molar-refractivity contribution in [1.82, 2.24) is 4.90 Å². The van der Waals surface area contributed by atoms with Crippen molar-refractivity contribution in [1.29, 1.82) is 0 Å². The molecule has 2 rings (SSSR count). The minimum Gasteiger partial charge on any atom is -0.297 e. The van der Waals surface area contributed by atoms with Crippen LogP contribution >= 0.6 is 34.5 Å². The summed E-state index contributed by atoms with van der Waals surface area (Å²) in [4.78, 5) is 2.30. The number of benzene rings is 1. The van der Waals surface area contributed by atoms with Gasteiger partial charge in [0, 0.05) is 36.1 Å². The van der Waals surface area contributed by atoms with Gasteiger partial charge in [0.15, 0.2) is 0 Å². The number of hydrogen-bond acceptors (Lipinski definition) is 2. The molecule has 0 unspecified atom stereocenters. The minimum absolute atomic E-state index is 0.652. The van der Waals surface area contributed by atoms with Crippen LogP contribution in [-0.4, -0.2) is 29.7 Å². The van der Waals surface area contributed by atoms with Gasteiger partial charge in [0.1, 0.15) is 0 Å². The molecule has 0 N–H and O–H groups in total. The van der Waals surface area contributed by atoms with Crippen LogP contribution in [0.4, 0.5) is 0 Å². The molecule has 1 aromatic carbocycles. The Bertz CT molecular complexity index is 463. The van der Waals surface area contributed by atoms with Crippen LogP contribution in [0, 0.1) is 0 Å². The van der Waals surface area contributed by atoms with Crippen LogP contribution in [0.1, 0.15) is 5.56 Å². The largest absolute Gasteiger partial charge is 0.297 e. The molecule has 0 aliphatic carbocycles. The maximum absolute atomic E-state index is 5.81. The van der Waals surface area contributed by atoms with E-state index in [1.165, 1.54) is 15.6 Å². The zero-order chi connectivity index (χ0) is 12.1. The lowest BCUT2D eigenvalue weighted by atomic mass is 10.1. The highest BCUT2D eigenvalue weighted by Crippen LogP contribution is 2.26. The summed E-state index contributed by atoms with van der Waals surface area (Å²) < 4.78 is 1.35. The summed E-state index contributed by atoms with van der Waals surface area (Å²) in [6.07, 6.45) is 0. The fourth-order valence-corrected chi connectivity index (χ4v) is 3.34. The van der Waals surface area contributed by atoms with Crippen LogP contribution in [0.3, 0.4) is 0 Å². The Kier molecular flexibility index (Phi) is 5.11. The van der Waals surface area contributed by atoms with Crippen LogP contribution in [0.25, 0.3) is 10.1 Å². The van der Waals surface area contributed by atoms with Crippen molar-refractivity contribution in [2.45, 2.75) is 6.54 Å². The summed E-state index contributed by atoms with van der Waals surface area (Å²) in [6.45, 7) is 2.71. The van der Waals surface area contributed by atoms with E-state index in [0.717, 1.165) is 19.6 Å². The average molecular weight is 288 g/mol. The van der Waals surface area contributed by atoms with Crippen molar-refractivity contribution in [3.05, 3.63) is 35.2 Å². The van der Waals surface area contributed by atoms with Crippen molar-refractivity contribution in [3.63, 3.8) is 0 Å². The SMILES string of the molecule is ClCCN(CCCl)Cc1csc2ccccc12. The Morgan fingerprint density at radius 2 is 1.76 bits per heavy atom. The third-order valence-electron chi connectivity index (χ3n) is 2.76. The molecular weight excluding hydrogens is 273 g/mol. The summed E-state index contributed by atoms with van der Waals surface area (Å²) >= 11 is 13.4. The van der Waals surface area contributed by atoms with Crippen molar-refractivity contribution >= 4 is 44.6 Å². The molecule has 1 nitrogen and oxygen atoms in total. The van der Waals surface area contributed by atoms with Crippen LogP contribution in [0.5, 0.6) is 0 Å². The first-order chi connectivity index (χ1) is 8.35. The normalized spacial score (nSPS) is 11.5. The summed E-state index contributed by atoms with van der Waals surface area (Å²) in [5, 5.41) is 3.59. The molecule has 4 heteroatoms. The van der Waals surface area contributed by atoms with E-state index in [1.807, 2.05) is 0 Å². The van der Waals surface area contributed by atoms with E-state index in [1.54, 1.807) is 11.3 Å². The van der Waals surface area contributed by atoms with Crippen molar-refractivity contribution in [3.8, 4) is 0 Å². The lowest BCUT2D eigenvalue weighted by Gasteiger charge is -2.19. The summed E-state index contributed by atoms with van der Waals surface area (Å²) in [5.74, 6) is 1.30. The van der Waals surface area contributed by atoms with Crippen LogP contribution in [-0.2, 0) is 6.54 Å². The smallest absolute Gasteiger partial charge is 0.0351 e. The van der Waals surface area contributed by atoms with Gasteiger partial charge in [-0.3, -0.25) is 4.90 Å². The molecule has 0 fully saturated rings. The Labute approximate surface area is 116 Å². The maximum Gasteiger partial charge on any atom is 0.0351 e. The van der Waals surface area contributed by atoms with E-state index in [4.69, 9.17) is 23.2 Å². The maximum atomic E-state index is 5.81. The number of fused-ring (bicyclic) bond motifs is 1. The van der Waals surface area contributed by atoms with Gasteiger partial charge in [-0.15, -0.1) is 34.5 Å². The number of hydrogen-bond donors (Lipinski definition) is 0. The summed E-state index contributed by atoms with van der Waals surface area (Å²) in [5.41, 5.74) is 1.38. The molecule has 0 bridgehead atoms. The Hall–Kier alpha value is -0.280. The number of thiophene rings is 1. The zero-order valence-corrected chi connectivity index (χ0v) is 11.9. The second-order valence-corrected chi connectivity index (χ2v) is 5.58. The van der Waals surface area contributed by atoms with Crippen molar-refractivity contribution < 1.29 is 0 Å². The van der Waals surface area contributed by atoms with E-state index in [2.05, 4.69) is 34.5 Å². The predicted molar refractivity (Wildman–Crippen MR) is 78.5 cm³/mol. The Balaban J connectivity index is 2.15. The second-order valence-electron chi connectivity index (χ2n) is 3.91. The number of nitrogens with zero attached hydrogens (tertiary/aromatic N) is 1. The Morgan fingerprint density at radius 1 is 1.06 bits per heavy atom. The second kappa shape index (κ2) is 6.60. The molecule has 0 atom stereocenters. The molecule has 0 aliphatic heterocycles. The molecule has 92 valence electrons. The topological polar surface area (TPSA) is 3.24 Å². The number of alkyl halides is 2. The predicted octanol–water partition coefficient (Wildman–Crippen LogP) is 4.18. The monoisotopic (exact) mass is 287 g/mol. The Morgan fingerprint density at radius 3 is 2.47 bits per heavy atom. The van der Waals surface area contributed by atoms with E-state index in [9.17, 15) is 0 Å². The first kappa shape index (κ1) is 13.2. The minimum atomic E-state index is 0.652. The van der Waals surface area contributed by atoms with Crippen LogP contribution < -0.4 is 0 Å². The fourth-order valence-electron chi connectivity index (χ4n) is 1.91. The van der Waals surface area contributed by atoms with Gasteiger partial charge in [0.2, 0.25) is 0 Å². The van der Waals surface area contributed by atoms with Crippen molar-refractivity contribution in [2.75, 3.05) is 24.8 Å². The standard InChI is InChI=1S/C13H15Cl2NS/c14-5-7-16(8-6-15)9-11-10-17-13-4-2-1-3-12(11)13/h1-4,10H,5-9H2. The third kappa shape index (κ3) is 3.35. The lowest BCUT2D eigenvalue weighted by molar-refractivity contribution is 0.301. The molecule has 17 heavy (non-hydrogen) atoms. The highest BCUT2D eigenvalue weighted by Gasteiger charge is 2.08. The first-order valence-electron chi connectivity index (χ1n) is 5.64. The van der Waals surface area contributed by atoms with Crippen LogP contribution in [0.2, 0.25) is 0 Å². The van der Waals surface area contributed by atoms with Gasteiger partial charge in [0.25, 0.3) is 0 Å². The van der Waals surface area contributed by atoms with E-state index >= 15 is 0 Å². The van der Waals surface area contributed by atoms with Gasteiger partial charge in [-0.25, -0.2) is 0 Å². The highest BCUT2D eigenvalue weighted by atomic mass is 35.5. The molecule has 0 saturated heterocycles.